The van der Waals surface area contributed by atoms with Gasteiger partial charge in [-0.3, -0.25) is 4.79 Å². The highest BCUT2D eigenvalue weighted by atomic mass is 16.4. The molecule has 3 N–H and O–H groups in total. The second-order valence-electron chi connectivity index (χ2n) is 5.09. The topological polar surface area (TPSA) is 77.8 Å². The normalized spacial score (nSPS) is 27.6. The number of rotatable bonds is 8. The molecule has 4 nitrogen and oxygen atoms in total. The summed E-state index contributed by atoms with van der Waals surface area (Å²) in [6.45, 7) is 0.0148. The van der Waals surface area contributed by atoms with E-state index in [0.29, 0.717) is 12.3 Å². The van der Waals surface area contributed by atoms with Crippen LogP contribution in [0.15, 0.2) is 24.3 Å². The maximum atomic E-state index is 10.3. The number of aliphatic carboxylic acids is 1. The molecular formula is C15H24O4. The molecule has 1 rings (SSSR count). The fraction of sp³-hybridized carbons (Fsp3) is 0.667. The van der Waals surface area contributed by atoms with Gasteiger partial charge in [-0.15, -0.1) is 0 Å². The van der Waals surface area contributed by atoms with E-state index in [9.17, 15) is 9.90 Å². The van der Waals surface area contributed by atoms with Crippen molar-refractivity contribution in [1.82, 2.24) is 0 Å². The summed E-state index contributed by atoms with van der Waals surface area (Å²) in [6, 6.07) is 0. The van der Waals surface area contributed by atoms with Crippen molar-refractivity contribution in [1.29, 1.82) is 0 Å². The molecule has 3 atom stereocenters. The highest BCUT2D eigenvalue weighted by molar-refractivity contribution is 5.66. The lowest BCUT2D eigenvalue weighted by molar-refractivity contribution is -0.137. The van der Waals surface area contributed by atoms with Crippen molar-refractivity contribution in [2.45, 2.75) is 44.6 Å². The summed E-state index contributed by atoms with van der Waals surface area (Å²) in [5, 5.41) is 27.2. The van der Waals surface area contributed by atoms with Gasteiger partial charge in [-0.25, -0.2) is 0 Å². The maximum absolute atomic E-state index is 10.3. The molecule has 0 aliphatic heterocycles. The Bertz CT molecular complexity index is 322. The van der Waals surface area contributed by atoms with Crippen molar-refractivity contribution in [2.75, 3.05) is 6.61 Å². The van der Waals surface area contributed by atoms with E-state index in [1.165, 1.54) is 0 Å². The van der Waals surface area contributed by atoms with Crippen molar-refractivity contribution < 1.29 is 20.1 Å². The minimum Gasteiger partial charge on any atom is -0.481 e. The summed E-state index contributed by atoms with van der Waals surface area (Å²) in [6.07, 6.45) is 11.8. The van der Waals surface area contributed by atoms with Crippen LogP contribution in [0.5, 0.6) is 0 Å². The number of unbranched alkanes of at least 4 members (excludes halogenated alkanes) is 1. The predicted molar refractivity (Wildman–Crippen MR) is 73.7 cm³/mol. The number of carboxylic acids is 1. The number of carboxylic acid groups (broad SMARTS) is 1. The maximum Gasteiger partial charge on any atom is 0.303 e. The molecule has 0 radical (unpaired) electrons. The molecule has 4 heteroatoms. The lowest BCUT2D eigenvalue weighted by Crippen LogP contribution is -2.16. The van der Waals surface area contributed by atoms with Gasteiger partial charge in [0.1, 0.15) is 0 Å². The number of allylic oxidation sites excluding steroid dienone is 2. The Balaban J connectivity index is 2.29. The van der Waals surface area contributed by atoms with Crippen molar-refractivity contribution >= 4 is 5.97 Å². The molecule has 1 fully saturated rings. The molecule has 0 aromatic rings. The van der Waals surface area contributed by atoms with Crippen LogP contribution in [0.25, 0.3) is 0 Å². The van der Waals surface area contributed by atoms with Gasteiger partial charge < -0.3 is 15.3 Å². The van der Waals surface area contributed by atoms with Gasteiger partial charge in [-0.1, -0.05) is 24.3 Å². The van der Waals surface area contributed by atoms with Gasteiger partial charge in [0.2, 0.25) is 0 Å². The number of carbonyl (C=O) groups is 1. The molecule has 0 aromatic carbocycles. The third-order valence-electron chi connectivity index (χ3n) is 3.65. The lowest BCUT2D eigenvalue weighted by atomic mass is 9.91. The first kappa shape index (κ1) is 15.9. The first-order chi connectivity index (χ1) is 9.15. The van der Waals surface area contributed by atoms with Crippen LogP contribution < -0.4 is 0 Å². The lowest BCUT2D eigenvalue weighted by Gasteiger charge is -2.17. The second kappa shape index (κ2) is 8.88. The molecule has 0 aromatic heterocycles. The largest absolute Gasteiger partial charge is 0.481 e. The molecular weight excluding hydrogens is 244 g/mol. The van der Waals surface area contributed by atoms with Crippen LogP contribution in [0.2, 0.25) is 0 Å². The van der Waals surface area contributed by atoms with Crippen molar-refractivity contribution in [3.8, 4) is 0 Å². The Hall–Kier alpha value is -1.13. The summed E-state index contributed by atoms with van der Waals surface area (Å²) in [5.41, 5.74) is 0. The zero-order valence-electron chi connectivity index (χ0n) is 11.2. The summed E-state index contributed by atoms with van der Waals surface area (Å²) in [4.78, 5) is 10.3. The van der Waals surface area contributed by atoms with Crippen LogP contribution in [-0.2, 0) is 4.79 Å². The summed E-state index contributed by atoms with van der Waals surface area (Å²) >= 11 is 0. The number of hydrogen-bond acceptors (Lipinski definition) is 3. The highest BCUT2D eigenvalue weighted by Gasteiger charge is 2.31. The summed E-state index contributed by atoms with van der Waals surface area (Å²) in [7, 11) is 0. The van der Waals surface area contributed by atoms with Crippen LogP contribution in [0.3, 0.4) is 0 Å². The fourth-order valence-electron chi connectivity index (χ4n) is 2.62. The second-order valence-corrected chi connectivity index (χ2v) is 5.09. The minimum atomic E-state index is -0.749. The van der Waals surface area contributed by atoms with E-state index in [2.05, 4.69) is 6.08 Å². The van der Waals surface area contributed by atoms with Crippen molar-refractivity contribution in [3.05, 3.63) is 24.3 Å². The third kappa shape index (κ3) is 6.03. The van der Waals surface area contributed by atoms with E-state index < -0.39 is 5.97 Å². The molecule has 0 spiro atoms. The smallest absolute Gasteiger partial charge is 0.303 e. The van der Waals surface area contributed by atoms with E-state index in [0.717, 1.165) is 25.7 Å². The molecule has 1 aliphatic carbocycles. The van der Waals surface area contributed by atoms with Crippen LogP contribution in [0.1, 0.15) is 38.5 Å². The van der Waals surface area contributed by atoms with Crippen LogP contribution >= 0.6 is 0 Å². The molecule has 0 amide bonds. The number of hydrogen-bond donors (Lipinski definition) is 3. The summed E-state index contributed by atoms with van der Waals surface area (Å²) < 4.78 is 0. The molecule has 0 bridgehead atoms. The van der Waals surface area contributed by atoms with Gasteiger partial charge in [0, 0.05) is 12.3 Å². The van der Waals surface area contributed by atoms with E-state index >= 15 is 0 Å². The average molecular weight is 268 g/mol. The van der Waals surface area contributed by atoms with E-state index in [1.54, 1.807) is 6.08 Å². The van der Waals surface area contributed by atoms with E-state index in [-0.39, 0.29) is 25.0 Å². The molecule has 19 heavy (non-hydrogen) atoms. The van der Waals surface area contributed by atoms with Gasteiger partial charge in [0.05, 0.1) is 12.7 Å². The average Bonchev–Trinajstić information content (AvgIpc) is 2.72. The van der Waals surface area contributed by atoms with Crippen molar-refractivity contribution in [3.63, 3.8) is 0 Å². The van der Waals surface area contributed by atoms with Gasteiger partial charge in [0.15, 0.2) is 0 Å². The zero-order valence-corrected chi connectivity index (χ0v) is 11.2. The first-order valence-corrected chi connectivity index (χ1v) is 6.97. The van der Waals surface area contributed by atoms with Crippen LogP contribution in [-0.4, -0.2) is 34.0 Å². The first-order valence-electron chi connectivity index (χ1n) is 6.97. The van der Waals surface area contributed by atoms with Gasteiger partial charge in [-0.05, 0) is 38.0 Å². The third-order valence-corrected chi connectivity index (χ3v) is 3.65. The Morgan fingerprint density at radius 1 is 1.21 bits per heavy atom. The minimum absolute atomic E-state index is 0.0148. The number of aliphatic hydroxyl groups excluding tert-OH is 2. The quantitative estimate of drug-likeness (QED) is 0.465. The fourth-order valence-corrected chi connectivity index (χ4v) is 2.62. The molecule has 108 valence electrons. The molecule has 1 aliphatic rings. The Morgan fingerprint density at radius 3 is 2.68 bits per heavy atom. The van der Waals surface area contributed by atoms with Crippen LogP contribution in [0, 0.1) is 11.8 Å². The van der Waals surface area contributed by atoms with Gasteiger partial charge >= 0.3 is 5.97 Å². The zero-order chi connectivity index (χ0) is 14.1. The molecule has 0 heterocycles. The Kier molecular flexibility index (Phi) is 7.45. The van der Waals surface area contributed by atoms with E-state index in [1.807, 2.05) is 12.2 Å². The van der Waals surface area contributed by atoms with E-state index in [4.69, 9.17) is 10.2 Å². The SMILES string of the molecule is O=C(O)CCC/C=C\C[C@H]1CC[C@@H](O)C1/C=C/CO. The predicted octanol–water partition coefficient (Wildman–Crippen LogP) is 2.12. The number of aliphatic hydroxyl groups is 2. The van der Waals surface area contributed by atoms with Gasteiger partial charge in [-0.2, -0.15) is 0 Å². The molecule has 0 saturated heterocycles. The monoisotopic (exact) mass is 268 g/mol. The highest BCUT2D eigenvalue weighted by Crippen LogP contribution is 2.35. The van der Waals surface area contributed by atoms with Crippen molar-refractivity contribution in [2.24, 2.45) is 11.8 Å². The molecule has 1 unspecified atom stereocenters. The Morgan fingerprint density at radius 2 is 2.00 bits per heavy atom. The summed E-state index contributed by atoms with van der Waals surface area (Å²) in [5.74, 6) is -0.189. The van der Waals surface area contributed by atoms with Gasteiger partial charge in [0.25, 0.3) is 0 Å². The molecule has 1 saturated carbocycles. The van der Waals surface area contributed by atoms with Crippen LogP contribution in [0.4, 0.5) is 0 Å². The Labute approximate surface area is 114 Å². The standard InChI is InChI=1S/C15H24O4/c16-11-5-7-13-12(9-10-14(13)17)6-3-1-2-4-8-15(18)19/h1,3,5,7,12-14,16-17H,2,4,6,8-11H2,(H,18,19)/b3-1-,7-5+/t12-,13?,14+/m0/s1.